The predicted molar refractivity (Wildman–Crippen MR) is 66.2 cm³/mol. The Bertz CT molecular complexity index is 348. The third-order valence-electron chi connectivity index (χ3n) is 3.81. The lowest BCUT2D eigenvalue weighted by atomic mass is 9.65. The Morgan fingerprint density at radius 2 is 2.12 bits per heavy atom. The quantitative estimate of drug-likeness (QED) is 0.724. The number of carboxylic acids is 1. The zero-order chi connectivity index (χ0) is 12.5. The van der Waals surface area contributed by atoms with E-state index < -0.39 is 11.4 Å². The smallest absolute Gasteiger partial charge is 0.309 e. The maximum absolute atomic E-state index is 11.4. The molecule has 0 amide bonds. The van der Waals surface area contributed by atoms with Crippen molar-refractivity contribution in [2.24, 2.45) is 17.3 Å². The van der Waals surface area contributed by atoms with Crippen LogP contribution in [0.3, 0.4) is 0 Å². The van der Waals surface area contributed by atoms with Gasteiger partial charge in [-0.3, -0.25) is 4.79 Å². The van der Waals surface area contributed by atoms with Crippen LogP contribution >= 0.6 is 0 Å². The van der Waals surface area contributed by atoms with Crippen LogP contribution in [0, 0.1) is 17.3 Å². The SMILES string of the molecule is CC(C)=CC1C=C(C)C(C)[C@](C)(C(=O)O)C1. The Morgan fingerprint density at radius 1 is 1.56 bits per heavy atom. The van der Waals surface area contributed by atoms with E-state index in [1.807, 2.05) is 20.8 Å². The molecular formula is C14H22O2. The van der Waals surface area contributed by atoms with E-state index in [1.165, 1.54) is 11.1 Å². The fourth-order valence-electron chi connectivity index (χ4n) is 2.52. The van der Waals surface area contributed by atoms with Crippen molar-refractivity contribution in [3.05, 3.63) is 23.3 Å². The molecule has 0 spiro atoms. The number of hydrogen-bond donors (Lipinski definition) is 1. The van der Waals surface area contributed by atoms with Crippen LogP contribution in [0.4, 0.5) is 0 Å². The minimum Gasteiger partial charge on any atom is -0.481 e. The van der Waals surface area contributed by atoms with Gasteiger partial charge in [-0.05, 0) is 46.0 Å². The Morgan fingerprint density at radius 3 is 2.56 bits per heavy atom. The van der Waals surface area contributed by atoms with E-state index in [9.17, 15) is 9.90 Å². The first-order chi connectivity index (χ1) is 7.27. The van der Waals surface area contributed by atoms with Gasteiger partial charge in [0.25, 0.3) is 0 Å². The summed E-state index contributed by atoms with van der Waals surface area (Å²) in [6.07, 6.45) is 5.07. The molecule has 0 heterocycles. The number of carbonyl (C=O) groups is 1. The first-order valence-electron chi connectivity index (χ1n) is 5.84. The van der Waals surface area contributed by atoms with Crippen LogP contribution in [0.2, 0.25) is 0 Å². The van der Waals surface area contributed by atoms with E-state index in [2.05, 4.69) is 26.0 Å². The molecule has 2 unspecified atom stereocenters. The van der Waals surface area contributed by atoms with Gasteiger partial charge in [-0.2, -0.15) is 0 Å². The third kappa shape index (κ3) is 2.37. The normalized spacial score (nSPS) is 34.2. The lowest BCUT2D eigenvalue weighted by molar-refractivity contribution is -0.151. The molecule has 1 aliphatic carbocycles. The minimum atomic E-state index is -0.681. The fourth-order valence-corrected chi connectivity index (χ4v) is 2.52. The molecule has 1 rings (SSSR count). The average molecular weight is 222 g/mol. The molecule has 0 aliphatic heterocycles. The second kappa shape index (κ2) is 4.44. The molecule has 90 valence electrons. The summed E-state index contributed by atoms with van der Waals surface area (Å²) in [7, 11) is 0. The summed E-state index contributed by atoms with van der Waals surface area (Å²) in [5.74, 6) is -0.297. The third-order valence-corrected chi connectivity index (χ3v) is 3.81. The first kappa shape index (κ1) is 13.0. The summed E-state index contributed by atoms with van der Waals surface area (Å²) in [5, 5.41) is 9.39. The van der Waals surface area contributed by atoms with E-state index in [0.717, 1.165) is 0 Å². The molecule has 16 heavy (non-hydrogen) atoms. The number of rotatable bonds is 2. The van der Waals surface area contributed by atoms with Crippen LogP contribution in [-0.4, -0.2) is 11.1 Å². The lowest BCUT2D eigenvalue weighted by Crippen LogP contribution is -2.39. The van der Waals surface area contributed by atoms with E-state index >= 15 is 0 Å². The molecule has 0 bridgehead atoms. The maximum Gasteiger partial charge on any atom is 0.309 e. The maximum atomic E-state index is 11.4. The van der Waals surface area contributed by atoms with Crippen molar-refractivity contribution in [3.8, 4) is 0 Å². The summed E-state index contributed by atoms with van der Waals surface area (Å²) < 4.78 is 0. The Kier molecular flexibility index (Phi) is 3.61. The van der Waals surface area contributed by atoms with Gasteiger partial charge in [-0.25, -0.2) is 0 Å². The van der Waals surface area contributed by atoms with E-state index in [-0.39, 0.29) is 11.8 Å². The van der Waals surface area contributed by atoms with Gasteiger partial charge in [-0.15, -0.1) is 0 Å². The van der Waals surface area contributed by atoms with Crippen LogP contribution in [0.15, 0.2) is 23.3 Å². The summed E-state index contributed by atoms with van der Waals surface area (Å²) in [6, 6.07) is 0. The molecule has 2 heteroatoms. The molecule has 0 aromatic carbocycles. The molecule has 0 aromatic rings. The van der Waals surface area contributed by atoms with E-state index in [1.54, 1.807) is 0 Å². The van der Waals surface area contributed by atoms with Gasteiger partial charge < -0.3 is 5.11 Å². The van der Waals surface area contributed by atoms with Crippen molar-refractivity contribution < 1.29 is 9.90 Å². The topological polar surface area (TPSA) is 37.3 Å². The highest BCUT2D eigenvalue weighted by atomic mass is 16.4. The zero-order valence-electron chi connectivity index (χ0n) is 10.9. The van der Waals surface area contributed by atoms with Crippen LogP contribution in [-0.2, 0) is 4.79 Å². The summed E-state index contributed by atoms with van der Waals surface area (Å²) in [4.78, 5) is 11.4. The molecule has 0 saturated carbocycles. The molecule has 0 aromatic heterocycles. The summed E-state index contributed by atoms with van der Waals surface area (Å²) >= 11 is 0. The highest BCUT2D eigenvalue weighted by Gasteiger charge is 2.43. The Hall–Kier alpha value is -1.05. The molecule has 3 atom stereocenters. The highest BCUT2D eigenvalue weighted by Crippen LogP contribution is 2.44. The van der Waals surface area contributed by atoms with Gasteiger partial charge in [-0.1, -0.05) is 30.2 Å². The molecule has 0 fully saturated rings. The second-order valence-corrected chi connectivity index (χ2v) is 5.47. The van der Waals surface area contributed by atoms with Gasteiger partial charge in [0.1, 0.15) is 0 Å². The second-order valence-electron chi connectivity index (χ2n) is 5.47. The van der Waals surface area contributed by atoms with Gasteiger partial charge in [0.15, 0.2) is 0 Å². The molecular weight excluding hydrogens is 200 g/mol. The number of allylic oxidation sites excluding steroid dienone is 4. The van der Waals surface area contributed by atoms with Crippen molar-refractivity contribution in [3.63, 3.8) is 0 Å². The van der Waals surface area contributed by atoms with Gasteiger partial charge >= 0.3 is 5.97 Å². The molecule has 1 N–H and O–H groups in total. The molecule has 0 radical (unpaired) electrons. The van der Waals surface area contributed by atoms with Crippen LogP contribution in [0.5, 0.6) is 0 Å². The summed E-state index contributed by atoms with van der Waals surface area (Å²) in [6.45, 7) is 10.0. The van der Waals surface area contributed by atoms with E-state index in [4.69, 9.17) is 0 Å². The summed E-state index contributed by atoms with van der Waals surface area (Å²) in [5.41, 5.74) is 1.81. The van der Waals surface area contributed by atoms with Crippen molar-refractivity contribution in [1.82, 2.24) is 0 Å². The standard InChI is InChI=1S/C14H22O2/c1-9(2)6-12-7-10(3)11(4)14(5,8-12)13(15)16/h6-7,11-12H,8H2,1-5H3,(H,15,16)/t11?,12?,14-/m1/s1. The van der Waals surface area contributed by atoms with Gasteiger partial charge in [0, 0.05) is 0 Å². The number of aliphatic carboxylic acids is 1. The number of carboxylic acid groups (broad SMARTS) is 1. The average Bonchev–Trinajstić information content (AvgIpc) is 2.12. The van der Waals surface area contributed by atoms with Crippen molar-refractivity contribution in [2.45, 2.75) is 41.0 Å². The van der Waals surface area contributed by atoms with Crippen molar-refractivity contribution in [1.29, 1.82) is 0 Å². The monoisotopic (exact) mass is 222 g/mol. The Labute approximate surface area is 98.1 Å². The predicted octanol–water partition coefficient (Wildman–Crippen LogP) is 3.65. The number of hydrogen-bond acceptors (Lipinski definition) is 1. The molecule has 0 saturated heterocycles. The molecule has 1 aliphatic rings. The van der Waals surface area contributed by atoms with Crippen LogP contribution < -0.4 is 0 Å². The lowest BCUT2D eigenvalue weighted by Gasteiger charge is -2.38. The molecule has 2 nitrogen and oxygen atoms in total. The first-order valence-corrected chi connectivity index (χ1v) is 5.84. The largest absolute Gasteiger partial charge is 0.481 e. The zero-order valence-corrected chi connectivity index (χ0v) is 10.9. The van der Waals surface area contributed by atoms with Crippen LogP contribution in [0.1, 0.15) is 41.0 Å². The fraction of sp³-hybridized carbons (Fsp3) is 0.643. The van der Waals surface area contributed by atoms with Crippen LogP contribution in [0.25, 0.3) is 0 Å². The minimum absolute atomic E-state index is 0.117. The van der Waals surface area contributed by atoms with Crippen molar-refractivity contribution >= 4 is 5.97 Å². The van der Waals surface area contributed by atoms with E-state index in [0.29, 0.717) is 6.42 Å². The van der Waals surface area contributed by atoms with Crippen molar-refractivity contribution in [2.75, 3.05) is 0 Å². The van der Waals surface area contributed by atoms with Gasteiger partial charge in [0.2, 0.25) is 0 Å². The highest BCUT2D eigenvalue weighted by molar-refractivity contribution is 5.75. The Balaban J connectivity index is 3.07. The van der Waals surface area contributed by atoms with Gasteiger partial charge in [0.05, 0.1) is 5.41 Å².